The number of thiazole rings is 1. The van der Waals surface area contributed by atoms with E-state index in [1.54, 1.807) is 30.3 Å². The molecule has 2 aliphatic rings. The summed E-state index contributed by atoms with van der Waals surface area (Å²) >= 11 is 0.779. The number of nitrogens with zero attached hydrogens (tertiary/aromatic N) is 9. The summed E-state index contributed by atoms with van der Waals surface area (Å²) in [4.78, 5) is 68.8. The first-order chi connectivity index (χ1) is 34.0. The summed E-state index contributed by atoms with van der Waals surface area (Å²) in [5.41, 5.74) is 4.79. The Morgan fingerprint density at radius 3 is 2.34 bits per heavy atom. The summed E-state index contributed by atoms with van der Waals surface area (Å²) in [7, 11) is 0. The molecule has 2 fully saturated rings. The van der Waals surface area contributed by atoms with E-state index in [2.05, 4.69) is 45.9 Å². The number of unbranched alkanes of at least 4 members (excludes halogenated alkanes) is 7. The van der Waals surface area contributed by atoms with E-state index in [9.17, 15) is 28.9 Å². The van der Waals surface area contributed by atoms with Crippen LogP contribution in [-0.4, -0.2) is 104 Å². The summed E-state index contributed by atoms with van der Waals surface area (Å²) in [5.74, 6) is 0.662. The van der Waals surface area contributed by atoms with Crippen LogP contribution in [0.4, 0.5) is 37.5 Å². The number of imidazole rings is 1. The number of pyridine rings is 1. The maximum atomic E-state index is 14.1. The second-order valence-corrected chi connectivity index (χ2v) is 18.8. The van der Waals surface area contributed by atoms with Crippen LogP contribution in [-0.2, 0) is 9.59 Å². The van der Waals surface area contributed by atoms with E-state index in [4.69, 9.17) is 10.1 Å². The van der Waals surface area contributed by atoms with Crippen molar-refractivity contribution in [2.75, 3.05) is 78.1 Å². The van der Waals surface area contributed by atoms with Crippen LogP contribution in [0.15, 0.2) is 79.0 Å². The Morgan fingerprint density at radius 1 is 0.843 bits per heavy atom. The van der Waals surface area contributed by atoms with Crippen molar-refractivity contribution in [3.63, 3.8) is 0 Å². The molecule has 4 N–H and O–H groups in total. The number of hydrogen-bond acceptors (Lipinski definition) is 14. The van der Waals surface area contributed by atoms with Gasteiger partial charge in [0.2, 0.25) is 11.8 Å². The molecule has 18 nitrogen and oxygen atoms in total. The molecule has 0 unspecified atom stereocenters. The van der Waals surface area contributed by atoms with Crippen molar-refractivity contribution in [2.45, 2.75) is 84.1 Å². The summed E-state index contributed by atoms with van der Waals surface area (Å²) in [5, 5.41) is 28.0. The topological polar surface area (TPSA) is 208 Å². The van der Waals surface area contributed by atoms with Gasteiger partial charge in [0.15, 0.2) is 10.8 Å². The van der Waals surface area contributed by atoms with Gasteiger partial charge >= 0.3 is 5.00 Å². The molecular formula is C50H60FN13O5S. The molecule has 368 valence electrons. The van der Waals surface area contributed by atoms with Gasteiger partial charge in [-0.1, -0.05) is 56.7 Å². The second kappa shape index (κ2) is 23.5. The van der Waals surface area contributed by atoms with Gasteiger partial charge in [0.25, 0.3) is 5.91 Å². The van der Waals surface area contributed by atoms with E-state index in [0.717, 1.165) is 155 Å². The predicted octanol–water partition coefficient (Wildman–Crippen LogP) is 8.63. The monoisotopic (exact) mass is 973 g/mol. The molecule has 0 saturated carbocycles. The first-order valence-corrected chi connectivity index (χ1v) is 25.0. The fraction of sp³-hybridized carbons (Fsp3) is 0.420. The Hall–Kier alpha value is -7.06. The third-order valence-electron chi connectivity index (χ3n) is 12.7. The summed E-state index contributed by atoms with van der Waals surface area (Å²) < 4.78 is 16.0. The van der Waals surface area contributed by atoms with Gasteiger partial charge in [0.05, 0.1) is 40.7 Å². The van der Waals surface area contributed by atoms with Crippen LogP contribution in [0, 0.1) is 22.9 Å². The van der Waals surface area contributed by atoms with Crippen molar-refractivity contribution >= 4 is 67.8 Å². The van der Waals surface area contributed by atoms with Crippen LogP contribution >= 0.6 is 11.3 Å². The number of aromatic nitrogens is 5. The van der Waals surface area contributed by atoms with Crippen LogP contribution in [0.25, 0.3) is 17.0 Å². The lowest BCUT2D eigenvalue weighted by Crippen LogP contribution is -2.49. The number of fused-ring (bicyclic) bond motifs is 1. The third-order valence-corrected chi connectivity index (χ3v) is 13.7. The lowest BCUT2D eigenvalue weighted by Gasteiger charge is -2.35. The van der Waals surface area contributed by atoms with E-state index in [1.807, 2.05) is 47.1 Å². The molecule has 0 spiro atoms. The molecule has 6 heterocycles. The zero-order valence-corrected chi connectivity index (χ0v) is 40.5. The number of aryl methyl sites for hydroxylation is 1. The van der Waals surface area contributed by atoms with Gasteiger partial charge in [-0.3, -0.25) is 34.7 Å². The number of halogens is 1. The van der Waals surface area contributed by atoms with E-state index < -0.39 is 10.8 Å². The van der Waals surface area contributed by atoms with Crippen molar-refractivity contribution in [3.05, 3.63) is 112 Å². The SMILES string of the molecule is CC(=O)Nc1cc(NCCCCCCCCCCNC(=O)CN2CCN(c3cccc(-c4cnc5ccc(N6CCC[C@@H]6c6cccc(F)c6)nn45)n3)CC2)ccc1C(=O)Nc1nc(C)c([N+](=O)[O-])s1. The zero-order chi connectivity index (χ0) is 49.0. The Balaban J connectivity index is 0.687. The van der Waals surface area contributed by atoms with Crippen molar-refractivity contribution in [1.82, 2.24) is 34.8 Å². The Kier molecular flexibility index (Phi) is 16.6. The number of benzene rings is 2. The van der Waals surface area contributed by atoms with Crippen LogP contribution in [0.3, 0.4) is 0 Å². The summed E-state index contributed by atoms with van der Waals surface area (Å²) in [6.45, 7) is 8.55. The highest BCUT2D eigenvalue weighted by Crippen LogP contribution is 2.36. The maximum absolute atomic E-state index is 14.1. The van der Waals surface area contributed by atoms with Crippen molar-refractivity contribution in [1.29, 1.82) is 0 Å². The first-order valence-electron chi connectivity index (χ1n) is 24.2. The van der Waals surface area contributed by atoms with Gasteiger partial charge in [-0.25, -0.2) is 23.9 Å². The van der Waals surface area contributed by atoms with Gasteiger partial charge in [-0.05, 0) is 104 Å². The van der Waals surface area contributed by atoms with Gasteiger partial charge in [0.1, 0.15) is 28.8 Å². The molecule has 4 aromatic heterocycles. The summed E-state index contributed by atoms with van der Waals surface area (Å²) in [6, 6.07) is 21.9. The minimum absolute atomic E-state index is 0.0571. The molecule has 20 heteroatoms. The van der Waals surface area contributed by atoms with E-state index in [-0.39, 0.29) is 45.1 Å². The lowest BCUT2D eigenvalue weighted by molar-refractivity contribution is -0.380. The van der Waals surface area contributed by atoms with Crippen molar-refractivity contribution < 1.29 is 23.7 Å². The number of carbonyl (C=O) groups is 3. The van der Waals surface area contributed by atoms with Gasteiger partial charge < -0.3 is 25.8 Å². The van der Waals surface area contributed by atoms with Crippen molar-refractivity contribution in [3.8, 4) is 11.4 Å². The molecular weight excluding hydrogens is 914 g/mol. The highest BCUT2D eigenvalue weighted by molar-refractivity contribution is 7.19. The Morgan fingerprint density at radius 2 is 1.60 bits per heavy atom. The number of nitrogens with one attached hydrogen (secondary N) is 4. The first kappa shape index (κ1) is 49.4. The normalized spacial score (nSPS) is 15.0. The number of rotatable bonds is 22. The smallest absolute Gasteiger partial charge is 0.348 e. The van der Waals surface area contributed by atoms with Gasteiger partial charge in [0, 0.05) is 58.4 Å². The number of hydrogen-bond donors (Lipinski definition) is 4. The van der Waals surface area contributed by atoms with Gasteiger partial charge in [-0.15, -0.1) is 5.10 Å². The quantitative estimate of drug-likeness (QED) is 0.0286. The molecule has 8 rings (SSSR count). The average molecular weight is 974 g/mol. The highest BCUT2D eigenvalue weighted by Gasteiger charge is 2.29. The van der Waals surface area contributed by atoms with E-state index in [1.165, 1.54) is 19.9 Å². The average Bonchev–Trinajstić information content (AvgIpc) is 4.11. The molecule has 2 saturated heterocycles. The number of amides is 3. The predicted molar refractivity (Wildman–Crippen MR) is 271 cm³/mol. The fourth-order valence-corrected chi connectivity index (χ4v) is 9.90. The maximum Gasteiger partial charge on any atom is 0.348 e. The molecule has 2 aliphatic heterocycles. The number of anilines is 5. The standard InChI is InChI=1S/C50H60FN13O5S/c1-34-49(64(68)69)70-50(55-34)58-48(67)39-20-19-38(31-41(39)56-35(2)65)52-23-9-7-5-3-4-6-8-10-24-53-47(66)33-60-26-28-61(29-27-60)45-18-12-16-40(57-45)43-32-54-44-21-22-46(59-63(43)44)62-25-13-17-42(62)36-14-11-15-37(51)30-36/h11-12,14-16,18-22,30-32,42,52H,3-10,13,17,23-29,33H2,1-2H3,(H,53,66)(H,56,65)(H,55,58,67)/t42-/m1/s1. The summed E-state index contributed by atoms with van der Waals surface area (Å²) in [6.07, 6.45) is 12.4. The molecule has 6 aromatic rings. The molecule has 70 heavy (non-hydrogen) atoms. The lowest BCUT2D eigenvalue weighted by atomic mass is 10.0. The Labute approximate surface area is 410 Å². The van der Waals surface area contributed by atoms with Crippen LogP contribution in [0.5, 0.6) is 0 Å². The largest absolute Gasteiger partial charge is 0.385 e. The molecule has 0 bridgehead atoms. The molecule has 0 radical (unpaired) electrons. The zero-order valence-electron chi connectivity index (χ0n) is 39.7. The number of carbonyl (C=O) groups excluding carboxylic acids is 3. The third kappa shape index (κ3) is 12.8. The molecule has 2 aromatic carbocycles. The second-order valence-electron chi connectivity index (χ2n) is 17.8. The number of nitro groups is 1. The molecule has 0 aliphatic carbocycles. The molecule has 1 atom stereocenters. The molecule has 3 amide bonds. The van der Waals surface area contributed by atoms with Crippen molar-refractivity contribution in [2.24, 2.45) is 0 Å². The van der Waals surface area contributed by atoms with E-state index >= 15 is 0 Å². The highest BCUT2D eigenvalue weighted by atomic mass is 32.1. The Bertz CT molecular complexity index is 2790. The minimum atomic E-state index is -0.536. The van der Waals surface area contributed by atoms with Crippen LogP contribution < -0.4 is 31.1 Å². The minimum Gasteiger partial charge on any atom is -0.385 e. The van der Waals surface area contributed by atoms with Gasteiger partial charge in [-0.2, -0.15) is 0 Å². The van der Waals surface area contributed by atoms with E-state index in [0.29, 0.717) is 18.8 Å². The number of piperazine rings is 1. The van der Waals surface area contributed by atoms with Crippen LogP contribution in [0.2, 0.25) is 0 Å². The van der Waals surface area contributed by atoms with Crippen LogP contribution in [0.1, 0.15) is 98.8 Å². The fourth-order valence-electron chi connectivity index (χ4n) is 9.12.